The van der Waals surface area contributed by atoms with Crippen LogP contribution < -0.4 is 5.32 Å². The third-order valence-corrected chi connectivity index (χ3v) is 3.38. The molecule has 1 aromatic carbocycles. The molecule has 0 aliphatic heterocycles. The fourth-order valence-electron chi connectivity index (χ4n) is 2.14. The zero-order valence-electron chi connectivity index (χ0n) is 12.4. The Bertz CT molecular complexity index is 580. The van der Waals surface area contributed by atoms with Gasteiger partial charge in [-0.3, -0.25) is 0 Å². The van der Waals surface area contributed by atoms with E-state index < -0.39 is 11.7 Å². The van der Waals surface area contributed by atoms with Crippen LogP contribution in [-0.4, -0.2) is 30.5 Å². The van der Waals surface area contributed by atoms with Crippen molar-refractivity contribution in [1.29, 1.82) is 0 Å². The average molecular weight is 309 g/mol. The molecule has 0 bridgehead atoms. The molecule has 0 radical (unpaired) electrons. The lowest BCUT2D eigenvalue weighted by atomic mass is 10.1. The molecule has 1 heterocycles. The van der Waals surface area contributed by atoms with Crippen LogP contribution in [0.15, 0.2) is 48.7 Å². The number of anilines is 1. The second-order valence-corrected chi connectivity index (χ2v) is 5.20. The fourth-order valence-corrected chi connectivity index (χ4v) is 2.14. The minimum atomic E-state index is -4.36. The number of hydrogen-bond acceptors (Lipinski definition) is 3. The summed E-state index contributed by atoms with van der Waals surface area (Å²) in [6, 6.07) is 12.4. The lowest BCUT2D eigenvalue weighted by Crippen LogP contribution is -2.27. The largest absolute Gasteiger partial charge is 0.417 e. The van der Waals surface area contributed by atoms with Gasteiger partial charge in [-0.1, -0.05) is 30.3 Å². The number of likely N-dealkylation sites (N-methyl/N-ethyl adjacent to an activating group) is 1. The summed E-state index contributed by atoms with van der Waals surface area (Å²) in [5.41, 5.74) is 0.386. The predicted molar refractivity (Wildman–Crippen MR) is 80.6 cm³/mol. The molecule has 2 aromatic rings. The van der Waals surface area contributed by atoms with Crippen molar-refractivity contribution in [3.05, 3.63) is 59.8 Å². The van der Waals surface area contributed by atoms with Gasteiger partial charge in [-0.25, -0.2) is 4.98 Å². The molecule has 1 N–H and O–H groups in total. The van der Waals surface area contributed by atoms with Gasteiger partial charge in [-0.2, -0.15) is 13.2 Å². The molecule has 1 atom stereocenters. The van der Waals surface area contributed by atoms with Crippen molar-refractivity contribution in [2.24, 2.45) is 0 Å². The molecular weight excluding hydrogens is 291 g/mol. The van der Waals surface area contributed by atoms with Gasteiger partial charge in [-0.05, 0) is 31.8 Å². The molecule has 0 fully saturated rings. The second-order valence-electron chi connectivity index (χ2n) is 5.20. The van der Waals surface area contributed by atoms with Crippen LogP contribution in [0.25, 0.3) is 0 Å². The highest BCUT2D eigenvalue weighted by Gasteiger charge is 2.30. The SMILES string of the molecule is CN(C)[C@H](CNc1ccc(C(F)(F)F)cn1)c1ccccc1. The highest BCUT2D eigenvalue weighted by atomic mass is 19.4. The zero-order chi connectivity index (χ0) is 16.2. The quantitative estimate of drug-likeness (QED) is 0.910. The molecule has 2 rings (SSSR count). The van der Waals surface area contributed by atoms with Gasteiger partial charge < -0.3 is 10.2 Å². The summed E-state index contributed by atoms with van der Waals surface area (Å²) in [5.74, 6) is 0.427. The third-order valence-electron chi connectivity index (χ3n) is 3.38. The van der Waals surface area contributed by atoms with Crippen molar-refractivity contribution in [2.45, 2.75) is 12.2 Å². The van der Waals surface area contributed by atoms with Gasteiger partial charge in [0, 0.05) is 12.7 Å². The smallest absolute Gasteiger partial charge is 0.368 e. The molecule has 0 amide bonds. The average Bonchev–Trinajstić information content (AvgIpc) is 2.48. The molecule has 22 heavy (non-hydrogen) atoms. The number of pyridine rings is 1. The van der Waals surface area contributed by atoms with E-state index in [0.717, 1.165) is 17.8 Å². The first-order valence-electron chi connectivity index (χ1n) is 6.86. The maximum Gasteiger partial charge on any atom is 0.417 e. The van der Waals surface area contributed by atoms with Gasteiger partial charge in [0.2, 0.25) is 0 Å². The van der Waals surface area contributed by atoms with E-state index in [1.54, 1.807) is 0 Å². The summed E-state index contributed by atoms with van der Waals surface area (Å²) < 4.78 is 37.5. The number of rotatable bonds is 5. The van der Waals surface area contributed by atoms with Crippen molar-refractivity contribution in [1.82, 2.24) is 9.88 Å². The summed E-state index contributed by atoms with van der Waals surface area (Å²) in [6.45, 7) is 0.551. The van der Waals surface area contributed by atoms with Crippen LogP contribution in [0.2, 0.25) is 0 Å². The Morgan fingerprint density at radius 2 is 1.77 bits per heavy atom. The Labute approximate surface area is 127 Å². The third kappa shape index (κ3) is 4.21. The Morgan fingerprint density at radius 3 is 2.27 bits per heavy atom. The van der Waals surface area contributed by atoms with E-state index in [2.05, 4.69) is 10.3 Å². The van der Waals surface area contributed by atoms with Crippen LogP contribution >= 0.6 is 0 Å². The molecule has 0 saturated carbocycles. The summed E-state index contributed by atoms with van der Waals surface area (Å²) >= 11 is 0. The van der Waals surface area contributed by atoms with E-state index in [1.165, 1.54) is 6.07 Å². The molecule has 1 aromatic heterocycles. The maximum absolute atomic E-state index is 12.5. The molecule has 0 saturated heterocycles. The molecule has 118 valence electrons. The number of halogens is 3. The Morgan fingerprint density at radius 1 is 1.09 bits per heavy atom. The van der Waals surface area contributed by atoms with Gasteiger partial charge in [0.1, 0.15) is 5.82 Å². The van der Waals surface area contributed by atoms with Crippen LogP contribution in [-0.2, 0) is 6.18 Å². The predicted octanol–water partition coefficient (Wildman–Crippen LogP) is 3.82. The first-order chi connectivity index (χ1) is 10.4. The number of alkyl halides is 3. The number of aromatic nitrogens is 1. The number of nitrogens with zero attached hydrogens (tertiary/aromatic N) is 2. The molecular formula is C16H18F3N3. The Kier molecular flexibility index (Phi) is 5.03. The number of nitrogens with one attached hydrogen (secondary N) is 1. The topological polar surface area (TPSA) is 28.2 Å². The van der Waals surface area contributed by atoms with Crippen LogP contribution in [0.5, 0.6) is 0 Å². The second kappa shape index (κ2) is 6.79. The number of benzene rings is 1. The summed E-state index contributed by atoms with van der Waals surface area (Å²) in [6.07, 6.45) is -3.52. The molecule has 0 unspecified atom stereocenters. The van der Waals surface area contributed by atoms with E-state index >= 15 is 0 Å². The van der Waals surface area contributed by atoms with Crippen molar-refractivity contribution in [2.75, 3.05) is 26.0 Å². The van der Waals surface area contributed by atoms with Gasteiger partial charge in [0.25, 0.3) is 0 Å². The monoisotopic (exact) mass is 309 g/mol. The molecule has 3 nitrogen and oxygen atoms in total. The van der Waals surface area contributed by atoms with Gasteiger partial charge in [0.05, 0.1) is 11.6 Å². The van der Waals surface area contributed by atoms with E-state index in [1.807, 2.05) is 49.3 Å². The van der Waals surface area contributed by atoms with E-state index in [-0.39, 0.29) is 6.04 Å². The van der Waals surface area contributed by atoms with Crippen LogP contribution in [0.4, 0.5) is 19.0 Å². The summed E-state index contributed by atoms with van der Waals surface area (Å²) in [5, 5.41) is 3.08. The molecule has 6 heteroatoms. The minimum absolute atomic E-state index is 0.102. The van der Waals surface area contributed by atoms with E-state index in [4.69, 9.17) is 0 Å². The van der Waals surface area contributed by atoms with Gasteiger partial charge in [0.15, 0.2) is 0 Å². The first kappa shape index (κ1) is 16.3. The van der Waals surface area contributed by atoms with Crippen LogP contribution in [0.3, 0.4) is 0 Å². The van der Waals surface area contributed by atoms with Crippen molar-refractivity contribution in [3.63, 3.8) is 0 Å². The van der Waals surface area contributed by atoms with Crippen molar-refractivity contribution in [3.8, 4) is 0 Å². The normalized spacial score (nSPS) is 13.2. The minimum Gasteiger partial charge on any atom is -0.368 e. The fraction of sp³-hybridized carbons (Fsp3) is 0.312. The van der Waals surface area contributed by atoms with Crippen molar-refractivity contribution < 1.29 is 13.2 Å². The van der Waals surface area contributed by atoms with Crippen LogP contribution in [0.1, 0.15) is 17.2 Å². The Hall–Kier alpha value is -2.08. The maximum atomic E-state index is 12.5. The summed E-state index contributed by atoms with van der Waals surface area (Å²) in [4.78, 5) is 5.87. The van der Waals surface area contributed by atoms with Crippen LogP contribution in [0, 0.1) is 0 Å². The zero-order valence-corrected chi connectivity index (χ0v) is 12.4. The highest BCUT2D eigenvalue weighted by Crippen LogP contribution is 2.29. The lowest BCUT2D eigenvalue weighted by Gasteiger charge is -2.25. The summed E-state index contributed by atoms with van der Waals surface area (Å²) in [7, 11) is 3.92. The molecule has 0 aliphatic rings. The number of hydrogen-bond donors (Lipinski definition) is 1. The molecule has 0 spiro atoms. The Balaban J connectivity index is 2.04. The van der Waals surface area contributed by atoms with Gasteiger partial charge in [-0.15, -0.1) is 0 Å². The van der Waals surface area contributed by atoms with Gasteiger partial charge >= 0.3 is 6.18 Å². The molecule has 0 aliphatic carbocycles. The van der Waals surface area contributed by atoms with Crippen molar-refractivity contribution >= 4 is 5.82 Å². The van der Waals surface area contributed by atoms with E-state index in [9.17, 15) is 13.2 Å². The van der Waals surface area contributed by atoms with E-state index in [0.29, 0.717) is 12.4 Å². The lowest BCUT2D eigenvalue weighted by molar-refractivity contribution is -0.137. The standard InChI is InChI=1S/C16H18F3N3/c1-22(2)14(12-6-4-3-5-7-12)11-21-15-9-8-13(10-20-15)16(17,18)19/h3-10,14H,11H2,1-2H3,(H,20,21)/t14-/m1/s1. The highest BCUT2D eigenvalue weighted by molar-refractivity contribution is 5.37. The first-order valence-corrected chi connectivity index (χ1v) is 6.86.